The summed E-state index contributed by atoms with van der Waals surface area (Å²) in [6.07, 6.45) is 2.03. The predicted octanol–water partition coefficient (Wildman–Crippen LogP) is 1.30. The lowest BCUT2D eigenvalue weighted by atomic mass is 10.0. The number of carbonyl (C=O) groups excluding carboxylic acids is 2. The van der Waals surface area contributed by atoms with Crippen LogP contribution >= 0.6 is 11.3 Å². The molecule has 3 atom stereocenters. The van der Waals surface area contributed by atoms with Crippen LogP contribution in [0.3, 0.4) is 0 Å². The maximum absolute atomic E-state index is 12.9. The summed E-state index contributed by atoms with van der Waals surface area (Å²) < 4.78 is 5.62. The zero-order chi connectivity index (χ0) is 21.8. The molecule has 31 heavy (non-hydrogen) atoms. The second kappa shape index (κ2) is 9.95. The fourth-order valence-electron chi connectivity index (χ4n) is 4.60. The van der Waals surface area contributed by atoms with Gasteiger partial charge < -0.3 is 20.2 Å². The van der Waals surface area contributed by atoms with Crippen molar-refractivity contribution in [2.75, 3.05) is 20.1 Å². The van der Waals surface area contributed by atoms with Crippen LogP contribution in [-0.2, 0) is 29.3 Å². The summed E-state index contributed by atoms with van der Waals surface area (Å²) in [5.74, 6) is 1.36. The average Bonchev–Trinajstić information content (AvgIpc) is 3.51. The fourth-order valence-corrected chi connectivity index (χ4v) is 5.25. The van der Waals surface area contributed by atoms with Crippen LogP contribution in [0.4, 0.5) is 0 Å². The van der Waals surface area contributed by atoms with Crippen LogP contribution in [0.5, 0.6) is 0 Å². The number of nitrogens with zero attached hydrogens (tertiary/aromatic N) is 2. The maximum atomic E-state index is 12.9. The topological polar surface area (TPSA) is 98.1 Å². The zero-order valence-electron chi connectivity index (χ0n) is 17.8. The van der Waals surface area contributed by atoms with E-state index in [1.807, 2.05) is 23.6 Å². The summed E-state index contributed by atoms with van der Waals surface area (Å²) in [6, 6.07) is 7.60. The molecule has 0 unspecified atom stereocenters. The molecule has 2 saturated heterocycles. The number of carbonyl (C=O) groups is 2. The summed E-state index contributed by atoms with van der Waals surface area (Å²) >= 11 is 1.63. The summed E-state index contributed by atoms with van der Waals surface area (Å²) in [5.41, 5.74) is 0. The number of aliphatic hydroxyl groups is 1. The van der Waals surface area contributed by atoms with E-state index in [4.69, 9.17) is 4.42 Å². The molecule has 2 aliphatic heterocycles. The van der Waals surface area contributed by atoms with Gasteiger partial charge in [0.25, 0.3) is 0 Å². The van der Waals surface area contributed by atoms with E-state index in [2.05, 4.69) is 27.5 Å². The molecule has 8 nitrogen and oxygen atoms in total. The molecule has 2 aromatic heterocycles. The lowest BCUT2D eigenvalue weighted by molar-refractivity contribution is -0.126. The van der Waals surface area contributed by atoms with Crippen molar-refractivity contribution in [3.05, 3.63) is 46.0 Å². The second-order valence-electron chi connectivity index (χ2n) is 8.26. The lowest BCUT2D eigenvalue weighted by Crippen LogP contribution is -2.49. The van der Waals surface area contributed by atoms with Gasteiger partial charge in [-0.3, -0.25) is 19.4 Å². The van der Waals surface area contributed by atoms with Crippen LogP contribution in [0.25, 0.3) is 0 Å². The molecule has 0 bridgehead atoms. The summed E-state index contributed by atoms with van der Waals surface area (Å²) in [7, 11) is 2.06. The molecular weight excluding hydrogens is 416 g/mol. The summed E-state index contributed by atoms with van der Waals surface area (Å²) in [5, 5.41) is 17.3. The van der Waals surface area contributed by atoms with Gasteiger partial charge in [0.15, 0.2) is 0 Å². The number of aliphatic hydroxyl groups excluding tert-OH is 1. The van der Waals surface area contributed by atoms with Crippen molar-refractivity contribution in [1.29, 1.82) is 0 Å². The Morgan fingerprint density at radius 1 is 1.35 bits per heavy atom. The van der Waals surface area contributed by atoms with E-state index >= 15 is 0 Å². The molecule has 4 rings (SSSR count). The summed E-state index contributed by atoms with van der Waals surface area (Å²) in [6.45, 7) is 2.33. The lowest BCUT2D eigenvalue weighted by Gasteiger charge is -2.33. The van der Waals surface area contributed by atoms with Gasteiger partial charge in [-0.1, -0.05) is 6.07 Å². The quantitative estimate of drug-likeness (QED) is 0.566. The molecular formula is C22H30N4O4S. The first-order valence-corrected chi connectivity index (χ1v) is 11.6. The largest absolute Gasteiger partial charge is 0.462 e. The third-order valence-electron chi connectivity index (χ3n) is 6.33. The van der Waals surface area contributed by atoms with Gasteiger partial charge in [0.2, 0.25) is 11.8 Å². The molecule has 9 heteroatoms. The molecule has 168 valence electrons. The van der Waals surface area contributed by atoms with Gasteiger partial charge in [-0.15, -0.1) is 11.3 Å². The van der Waals surface area contributed by atoms with Gasteiger partial charge in [0.05, 0.1) is 13.1 Å². The first kappa shape index (κ1) is 22.0. The Hall–Kier alpha value is -2.20. The average molecular weight is 447 g/mol. The van der Waals surface area contributed by atoms with Crippen molar-refractivity contribution in [2.45, 2.75) is 57.1 Å². The number of amides is 2. The summed E-state index contributed by atoms with van der Waals surface area (Å²) in [4.78, 5) is 30.8. The molecule has 2 fully saturated rings. The van der Waals surface area contributed by atoms with E-state index in [9.17, 15) is 14.7 Å². The van der Waals surface area contributed by atoms with Crippen molar-refractivity contribution in [2.24, 2.45) is 0 Å². The zero-order valence-corrected chi connectivity index (χ0v) is 18.6. The van der Waals surface area contributed by atoms with Crippen LogP contribution in [0, 0.1) is 0 Å². The van der Waals surface area contributed by atoms with Crippen LogP contribution in [0.2, 0.25) is 0 Å². The molecule has 2 amide bonds. The Balaban J connectivity index is 1.33. The second-order valence-corrected chi connectivity index (χ2v) is 9.29. The molecule has 0 radical (unpaired) electrons. The van der Waals surface area contributed by atoms with Crippen molar-refractivity contribution < 1.29 is 19.1 Å². The number of likely N-dealkylation sites (N-methyl/N-ethyl adjacent to an activating group) is 1. The van der Waals surface area contributed by atoms with E-state index < -0.39 is 0 Å². The number of likely N-dealkylation sites (tertiary alicyclic amines) is 1. The highest BCUT2D eigenvalue weighted by molar-refractivity contribution is 7.09. The van der Waals surface area contributed by atoms with E-state index in [0.717, 1.165) is 23.6 Å². The highest BCUT2D eigenvalue weighted by atomic mass is 32.1. The number of fused-ring (bicyclic) bond motifs is 1. The number of furan rings is 1. The smallest absolute Gasteiger partial charge is 0.239 e. The van der Waals surface area contributed by atoms with E-state index in [0.29, 0.717) is 38.2 Å². The highest BCUT2D eigenvalue weighted by Crippen LogP contribution is 2.29. The molecule has 2 aliphatic rings. The molecule has 0 spiro atoms. The molecule has 0 saturated carbocycles. The third-order valence-corrected chi connectivity index (χ3v) is 7.20. The van der Waals surface area contributed by atoms with Crippen LogP contribution < -0.4 is 10.6 Å². The van der Waals surface area contributed by atoms with Crippen molar-refractivity contribution in [3.63, 3.8) is 0 Å². The number of nitrogens with one attached hydrogen (secondary N) is 2. The minimum absolute atomic E-state index is 0.0351. The number of thiophene rings is 1. The molecule has 0 aliphatic carbocycles. The first-order valence-electron chi connectivity index (χ1n) is 10.8. The van der Waals surface area contributed by atoms with Gasteiger partial charge in [-0.05, 0) is 43.5 Å². The van der Waals surface area contributed by atoms with Gasteiger partial charge in [-0.2, -0.15) is 0 Å². The van der Waals surface area contributed by atoms with Gasteiger partial charge in [0.1, 0.15) is 24.2 Å². The van der Waals surface area contributed by atoms with Crippen LogP contribution in [-0.4, -0.2) is 65.0 Å². The Morgan fingerprint density at radius 2 is 2.19 bits per heavy atom. The Morgan fingerprint density at radius 3 is 2.94 bits per heavy atom. The standard InChI is InChI=1S/C22H30N4O4S/c1-25-15(4-7-20(28)23-12-18-3-2-10-31-18)11-24-22(29)21-19(25)8-9-26(21)13-16-5-6-17(14-27)30-16/h2-3,5-6,10,15,19,21,27H,4,7-9,11-14H2,1H3,(H,23,28)(H,24,29)/t15-,19+,21-/m0/s1. The Kier molecular flexibility index (Phi) is 7.06. The van der Waals surface area contributed by atoms with Gasteiger partial charge >= 0.3 is 0 Å². The normalized spacial score (nSPS) is 24.6. The first-order chi connectivity index (χ1) is 15.0. The predicted molar refractivity (Wildman–Crippen MR) is 117 cm³/mol. The van der Waals surface area contributed by atoms with E-state index in [-0.39, 0.29) is 36.5 Å². The fraction of sp³-hybridized carbons (Fsp3) is 0.545. The van der Waals surface area contributed by atoms with E-state index in [1.165, 1.54) is 0 Å². The highest BCUT2D eigenvalue weighted by Gasteiger charge is 2.45. The molecule has 0 aromatic carbocycles. The van der Waals surface area contributed by atoms with Crippen LogP contribution in [0.15, 0.2) is 34.1 Å². The third kappa shape index (κ3) is 5.17. The van der Waals surface area contributed by atoms with Gasteiger partial charge in [0, 0.05) is 36.5 Å². The molecule has 4 heterocycles. The van der Waals surface area contributed by atoms with E-state index in [1.54, 1.807) is 17.4 Å². The van der Waals surface area contributed by atoms with Crippen molar-refractivity contribution >= 4 is 23.2 Å². The monoisotopic (exact) mass is 446 g/mol. The van der Waals surface area contributed by atoms with Crippen molar-refractivity contribution in [1.82, 2.24) is 20.4 Å². The number of hydrogen-bond donors (Lipinski definition) is 3. The molecule has 2 aromatic rings. The number of hydrogen-bond acceptors (Lipinski definition) is 7. The minimum Gasteiger partial charge on any atom is -0.462 e. The maximum Gasteiger partial charge on any atom is 0.239 e. The SMILES string of the molecule is CN1[C@@H](CCC(=O)NCc2cccs2)CNC(=O)[C@@H]2[C@H]1CCN2Cc1ccc(CO)o1. The number of rotatable bonds is 8. The Labute approximate surface area is 186 Å². The molecule has 3 N–H and O–H groups in total. The van der Waals surface area contributed by atoms with Gasteiger partial charge in [-0.25, -0.2) is 0 Å². The minimum atomic E-state index is -0.245. The Bertz CT molecular complexity index is 884. The van der Waals surface area contributed by atoms with Crippen molar-refractivity contribution in [3.8, 4) is 0 Å². The van der Waals surface area contributed by atoms with Crippen LogP contribution in [0.1, 0.15) is 35.7 Å².